The van der Waals surface area contributed by atoms with Crippen LogP contribution in [0, 0.1) is 0 Å². The van der Waals surface area contributed by atoms with E-state index in [-0.39, 0.29) is 11.6 Å². The second kappa shape index (κ2) is 10.4. The van der Waals surface area contributed by atoms with E-state index in [1.807, 2.05) is 48.2 Å². The predicted octanol–water partition coefficient (Wildman–Crippen LogP) is 4.71. The molecule has 0 saturated heterocycles. The molecule has 0 spiro atoms. The molecule has 0 radical (unpaired) electrons. The van der Waals surface area contributed by atoms with Gasteiger partial charge in [-0.3, -0.25) is 4.98 Å². The third kappa shape index (κ3) is 5.32. The summed E-state index contributed by atoms with van der Waals surface area (Å²) in [6.45, 7) is 2.87. The fraction of sp³-hybridized carbons (Fsp3) is 0.250. The molecule has 0 aliphatic carbocycles. The van der Waals surface area contributed by atoms with Gasteiger partial charge in [0.2, 0.25) is 0 Å². The maximum Gasteiger partial charge on any atom is 0.335 e. The first kappa shape index (κ1) is 22.1. The van der Waals surface area contributed by atoms with Crippen molar-refractivity contribution in [2.75, 3.05) is 32.3 Å². The van der Waals surface area contributed by atoms with Gasteiger partial charge in [-0.05, 0) is 48.9 Å². The van der Waals surface area contributed by atoms with Crippen molar-refractivity contribution in [1.82, 2.24) is 4.98 Å². The zero-order valence-corrected chi connectivity index (χ0v) is 17.8. The minimum absolute atomic E-state index is 0.127. The quantitative estimate of drug-likeness (QED) is 0.474. The van der Waals surface area contributed by atoms with Crippen LogP contribution in [0.3, 0.4) is 0 Å². The van der Waals surface area contributed by atoms with Crippen LogP contribution in [0.1, 0.15) is 28.9 Å². The summed E-state index contributed by atoms with van der Waals surface area (Å²) < 4.78 is 16.4. The molecular weight excluding hydrogens is 396 g/mol. The molecule has 3 aromatic rings. The number of rotatable bonds is 10. The highest BCUT2D eigenvalue weighted by molar-refractivity contribution is 5.89. The van der Waals surface area contributed by atoms with E-state index in [0.29, 0.717) is 24.7 Å². The Morgan fingerprint density at radius 2 is 1.84 bits per heavy atom. The zero-order valence-electron chi connectivity index (χ0n) is 17.8. The maximum atomic E-state index is 11.6. The van der Waals surface area contributed by atoms with Crippen molar-refractivity contribution in [2.24, 2.45) is 0 Å². The molecule has 1 unspecified atom stereocenters. The fourth-order valence-electron chi connectivity index (χ4n) is 3.32. The van der Waals surface area contributed by atoms with Crippen molar-refractivity contribution in [3.05, 3.63) is 78.1 Å². The molecular formula is C24H26N2O5. The first-order valence-electron chi connectivity index (χ1n) is 9.87. The number of ether oxygens (including phenoxy) is 3. The van der Waals surface area contributed by atoms with Gasteiger partial charge in [-0.15, -0.1) is 0 Å². The van der Waals surface area contributed by atoms with E-state index < -0.39 is 5.97 Å². The van der Waals surface area contributed by atoms with Crippen LogP contribution in [0.15, 0.2) is 67.0 Å². The lowest BCUT2D eigenvalue weighted by Crippen LogP contribution is -2.22. The van der Waals surface area contributed by atoms with Gasteiger partial charge in [0.1, 0.15) is 6.61 Å². The Labute approximate surface area is 181 Å². The van der Waals surface area contributed by atoms with Gasteiger partial charge in [0, 0.05) is 36.9 Å². The van der Waals surface area contributed by atoms with Gasteiger partial charge in [-0.25, -0.2) is 4.79 Å². The van der Waals surface area contributed by atoms with Crippen LogP contribution >= 0.6 is 0 Å². The van der Waals surface area contributed by atoms with Gasteiger partial charge in [-0.1, -0.05) is 12.1 Å². The number of anilines is 2. The van der Waals surface area contributed by atoms with Gasteiger partial charge in [0.15, 0.2) is 11.5 Å². The number of carboxylic acid groups (broad SMARTS) is 1. The molecule has 3 rings (SSSR count). The van der Waals surface area contributed by atoms with Crippen LogP contribution < -0.4 is 14.4 Å². The Bertz CT molecular complexity index is 1010. The highest BCUT2D eigenvalue weighted by Crippen LogP contribution is 2.39. The van der Waals surface area contributed by atoms with Crippen LogP contribution in [0.2, 0.25) is 0 Å². The summed E-state index contributed by atoms with van der Waals surface area (Å²) in [5, 5.41) is 9.47. The van der Waals surface area contributed by atoms with Crippen LogP contribution in [0.5, 0.6) is 11.5 Å². The topological polar surface area (TPSA) is 81.1 Å². The maximum absolute atomic E-state index is 11.6. The van der Waals surface area contributed by atoms with E-state index >= 15 is 0 Å². The summed E-state index contributed by atoms with van der Waals surface area (Å²) in [5.74, 6) is 0.206. The van der Waals surface area contributed by atoms with Gasteiger partial charge in [0.05, 0.1) is 25.3 Å². The Kier molecular flexibility index (Phi) is 7.45. The molecule has 1 N–H and O–H groups in total. The zero-order chi connectivity index (χ0) is 22.2. The van der Waals surface area contributed by atoms with Crippen molar-refractivity contribution in [3.8, 4) is 11.5 Å². The summed E-state index contributed by atoms with van der Waals surface area (Å²) >= 11 is 0. The van der Waals surface area contributed by atoms with E-state index in [1.165, 1.54) is 0 Å². The van der Waals surface area contributed by atoms with Gasteiger partial charge >= 0.3 is 5.97 Å². The van der Waals surface area contributed by atoms with E-state index in [4.69, 9.17) is 14.2 Å². The third-order valence-electron chi connectivity index (χ3n) is 4.90. The molecule has 1 aromatic heterocycles. The predicted molar refractivity (Wildman–Crippen MR) is 119 cm³/mol. The normalized spacial score (nSPS) is 11.6. The molecule has 0 bridgehead atoms. The second-order valence-corrected chi connectivity index (χ2v) is 6.86. The highest BCUT2D eigenvalue weighted by atomic mass is 16.5. The summed E-state index contributed by atoms with van der Waals surface area (Å²) in [7, 11) is 3.20. The molecule has 0 aliphatic rings. The number of carbonyl (C=O) groups is 1. The van der Waals surface area contributed by atoms with Gasteiger partial charge in [-0.2, -0.15) is 0 Å². The molecule has 1 heterocycles. The van der Waals surface area contributed by atoms with Gasteiger partial charge in [0.25, 0.3) is 0 Å². The number of nitrogens with zero attached hydrogens (tertiary/aromatic N) is 2. The van der Waals surface area contributed by atoms with E-state index in [9.17, 15) is 9.90 Å². The molecule has 162 valence electrons. The molecule has 0 saturated carbocycles. The first-order valence-corrected chi connectivity index (χ1v) is 9.87. The Balaban J connectivity index is 2.09. The number of hydrogen-bond donors (Lipinski definition) is 1. The number of carboxylic acids is 1. The van der Waals surface area contributed by atoms with Crippen LogP contribution in [-0.4, -0.2) is 43.5 Å². The lowest BCUT2D eigenvalue weighted by atomic mass is 10.1. The smallest absolute Gasteiger partial charge is 0.335 e. The molecule has 2 aromatic carbocycles. The standard InChI is InChI=1S/C24H26N2O5/c1-17(19-7-5-11-25-16-19)26(20-8-4-6-18(14-20)24(27)28)21-9-10-22(30-3)23(15-21)31-13-12-29-2/h4-11,14-17H,12-13H2,1-3H3,(H,27,28). The molecule has 7 heteroatoms. The number of methoxy groups -OCH3 is 2. The Morgan fingerprint density at radius 3 is 2.52 bits per heavy atom. The SMILES string of the molecule is COCCOc1cc(N(c2cccc(C(=O)O)c2)C(C)c2cccnc2)ccc1OC. The fourth-order valence-corrected chi connectivity index (χ4v) is 3.32. The van der Waals surface area contributed by atoms with E-state index in [0.717, 1.165) is 16.9 Å². The summed E-state index contributed by atoms with van der Waals surface area (Å²) in [5.41, 5.74) is 2.77. The van der Waals surface area contributed by atoms with Crippen molar-refractivity contribution < 1.29 is 24.1 Å². The Hall–Kier alpha value is -3.58. The first-order chi connectivity index (χ1) is 15.0. The number of pyridine rings is 1. The third-order valence-corrected chi connectivity index (χ3v) is 4.90. The van der Waals surface area contributed by atoms with E-state index in [1.54, 1.807) is 44.8 Å². The van der Waals surface area contributed by atoms with Crippen molar-refractivity contribution in [1.29, 1.82) is 0 Å². The number of hydrogen-bond acceptors (Lipinski definition) is 6. The largest absolute Gasteiger partial charge is 0.493 e. The van der Waals surface area contributed by atoms with Crippen molar-refractivity contribution >= 4 is 17.3 Å². The number of aromatic carboxylic acids is 1. The summed E-state index contributed by atoms with van der Waals surface area (Å²) in [6.07, 6.45) is 3.53. The lowest BCUT2D eigenvalue weighted by Gasteiger charge is -2.32. The highest BCUT2D eigenvalue weighted by Gasteiger charge is 2.21. The monoisotopic (exact) mass is 422 g/mol. The molecule has 7 nitrogen and oxygen atoms in total. The average Bonchev–Trinajstić information content (AvgIpc) is 2.80. The minimum Gasteiger partial charge on any atom is -0.493 e. The van der Waals surface area contributed by atoms with Crippen LogP contribution in [0.25, 0.3) is 0 Å². The summed E-state index contributed by atoms with van der Waals surface area (Å²) in [4.78, 5) is 17.8. The minimum atomic E-state index is -0.978. The summed E-state index contributed by atoms with van der Waals surface area (Å²) in [6, 6.07) is 16.2. The Morgan fingerprint density at radius 1 is 1.03 bits per heavy atom. The van der Waals surface area contributed by atoms with Gasteiger partial charge < -0.3 is 24.2 Å². The van der Waals surface area contributed by atoms with Crippen LogP contribution in [0.4, 0.5) is 11.4 Å². The van der Waals surface area contributed by atoms with Crippen molar-refractivity contribution in [2.45, 2.75) is 13.0 Å². The molecule has 1 atom stereocenters. The van der Waals surface area contributed by atoms with Crippen LogP contribution in [-0.2, 0) is 4.74 Å². The molecule has 0 amide bonds. The number of benzene rings is 2. The molecule has 0 aliphatic heterocycles. The number of aromatic nitrogens is 1. The van der Waals surface area contributed by atoms with E-state index in [2.05, 4.69) is 4.98 Å². The second-order valence-electron chi connectivity index (χ2n) is 6.86. The molecule has 0 fully saturated rings. The van der Waals surface area contributed by atoms with Crippen molar-refractivity contribution in [3.63, 3.8) is 0 Å². The lowest BCUT2D eigenvalue weighted by molar-refractivity contribution is 0.0697. The average molecular weight is 422 g/mol. The molecule has 31 heavy (non-hydrogen) atoms.